The average molecular weight is 597 g/mol. The lowest BCUT2D eigenvalue weighted by molar-refractivity contribution is 0.0524. The van der Waals surface area contributed by atoms with E-state index in [1.165, 1.54) is 29.7 Å². The van der Waals surface area contributed by atoms with Gasteiger partial charge in [0.25, 0.3) is 0 Å². The van der Waals surface area contributed by atoms with Gasteiger partial charge in [0, 0.05) is 55.9 Å². The highest BCUT2D eigenvalue weighted by Gasteiger charge is 2.25. The Balaban J connectivity index is 0.000000310. The number of H-pyrrole nitrogens is 1. The molecule has 11 heteroatoms. The summed E-state index contributed by atoms with van der Waals surface area (Å²) in [6.45, 7) is 6.97. The molecule has 218 valence electrons. The molecule has 6 heterocycles. The summed E-state index contributed by atoms with van der Waals surface area (Å²) in [4.78, 5) is 50.8. The Morgan fingerprint density at radius 2 is 1.91 bits per heavy atom. The Labute approximate surface area is 251 Å². The predicted octanol–water partition coefficient (Wildman–Crippen LogP) is 4.42. The van der Waals surface area contributed by atoms with Crippen LogP contribution in [-0.4, -0.2) is 32.1 Å². The fraction of sp³-hybridized carbons (Fsp3) is 0.219. The van der Waals surface area contributed by atoms with Gasteiger partial charge in [-0.1, -0.05) is 23.7 Å². The molecule has 0 fully saturated rings. The lowest BCUT2D eigenvalue weighted by Gasteiger charge is -2.21. The molecule has 0 spiro atoms. The minimum absolute atomic E-state index is 0.113. The van der Waals surface area contributed by atoms with Crippen molar-refractivity contribution in [3.63, 3.8) is 0 Å². The third-order valence-electron chi connectivity index (χ3n) is 7.44. The van der Waals surface area contributed by atoms with Gasteiger partial charge in [-0.2, -0.15) is 0 Å². The lowest BCUT2D eigenvalue weighted by Crippen LogP contribution is -2.22. The van der Waals surface area contributed by atoms with E-state index in [0.717, 1.165) is 35.6 Å². The molecule has 5 aromatic rings. The van der Waals surface area contributed by atoms with Crippen molar-refractivity contribution in [2.24, 2.45) is 0 Å². The number of nitrogens with one attached hydrogen (secondary N) is 2. The molecule has 2 aliphatic heterocycles. The van der Waals surface area contributed by atoms with Crippen LogP contribution < -0.4 is 21.2 Å². The molecule has 0 aliphatic carbocycles. The van der Waals surface area contributed by atoms with Crippen molar-refractivity contribution in [3.05, 3.63) is 126 Å². The van der Waals surface area contributed by atoms with Crippen LogP contribution in [0.2, 0.25) is 5.02 Å². The summed E-state index contributed by atoms with van der Waals surface area (Å²) in [6, 6.07) is 12.6. The third-order valence-corrected chi connectivity index (χ3v) is 7.75. The number of aromatic amines is 1. The van der Waals surface area contributed by atoms with Crippen molar-refractivity contribution in [3.8, 4) is 5.69 Å². The van der Waals surface area contributed by atoms with E-state index in [2.05, 4.69) is 37.3 Å². The molecule has 0 atom stereocenters. The number of rotatable bonds is 4. The molecule has 4 aromatic heterocycles. The number of aromatic nitrogens is 4. The number of carbonyl (C=O) groups excluding carboxylic acids is 1. The molecular formula is C32H29ClN6O4. The molecular weight excluding hydrogens is 568 g/mol. The first-order valence-corrected chi connectivity index (χ1v) is 14.3. The van der Waals surface area contributed by atoms with Crippen LogP contribution in [0.25, 0.3) is 16.6 Å². The predicted molar refractivity (Wildman–Crippen MR) is 165 cm³/mol. The van der Waals surface area contributed by atoms with Crippen LogP contribution in [0.15, 0.2) is 76.8 Å². The van der Waals surface area contributed by atoms with Gasteiger partial charge in [-0.25, -0.2) is 4.79 Å². The van der Waals surface area contributed by atoms with Gasteiger partial charge in [0.05, 0.1) is 46.5 Å². The molecule has 7 rings (SSSR count). The Morgan fingerprint density at radius 3 is 2.67 bits per heavy atom. The zero-order valence-electron chi connectivity index (χ0n) is 23.7. The molecule has 0 amide bonds. The monoisotopic (exact) mass is 596 g/mol. The first kappa shape index (κ1) is 28.3. The van der Waals surface area contributed by atoms with Crippen LogP contribution in [0.4, 0.5) is 5.69 Å². The van der Waals surface area contributed by atoms with Crippen LogP contribution in [-0.2, 0) is 30.9 Å². The van der Waals surface area contributed by atoms with Gasteiger partial charge in [-0.3, -0.25) is 19.6 Å². The number of pyridine rings is 4. The fourth-order valence-corrected chi connectivity index (χ4v) is 5.64. The van der Waals surface area contributed by atoms with Gasteiger partial charge in [-0.15, -0.1) is 0 Å². The number of esters is 1. The second kappa shape index (κ2) is 11.8. The maximum absolute atomic E-state index is 13.2. The maximum atomic E-state index is 13.2. The van der Waals surface area contributed by atoms with E-state index in [1.54, 1.807) is 23.6 Å². The first-order valence-electron chi connectivity index (χ1n) is 13.9. The van der Waals surface area contributed by atoms with E-state index in [0.29, 0.717) is 29.3 Å². The van der Waals surface area contributed by atoms with Crippen molar-refractivity contribution in [1.82, 2.24) is 24.8 Å². The van der Waals surface area contributed by atoms with Gasteiger partial charge in [0.15, 0.2) is 0 Å². The fourth-order valence-electron chi connectivity index (χ4n) is 5.35. The Morgan fingerprint density at radius 1 is 1.05 bits per heavy atom. The number of nitrogens with zero attached hydrogens (tertiary/aromatic N) is 4. The highest BCUT2D eigenvalue weighted by Crippen LogP contribution is 2.36. The Kier molecular flexibility index (Phi) is 7.79. The zero-order valence-corrected chi connectivity index (χ0v) is 24.4. The van der Waals surface area contributed by atoms with Crippen LogP contribution in [0.3, 0.4) is 0 Å². The number of halogens is 1. The summed E-state index contributed by atoms with van der Waals surface area (Å²) in [7, 11) is 0. The van der Waals surface area contributed by atoms with Crippen molar-refractivity contribution in [1.29, 1.82) is 0 Å². The third kappa shape index (κ3) is 5.67. The maximum Gasteiger partial charge on any atom is 0.343 e. The molecule has 0 saturated heterocycles. The van der Waals surface area contributed by atoms with Crippen molar-refractivity contribution in [2.45, 2.75) is 40.0 Å². The molecule has 2 aliphatic rings. The van der Waals surface area contributed by atoms with E-state index in [-0.39, 0.29) is 23.1 Å². The normalized spacial score (nSPS) is 13.3. The second-order valence-corrected chi connectivity index (χ2v) is 10.8. The number of ether oxygens (including phenoxy) is 1. The highest BCUT2D eigenvalue weighted by molar-refractivity contribution is 6.34. The zero-order chi connectivity index (χ0) is 30.1. The van der Waals surface area contributed by atoms with Crippen molar-refractivity contribution in [2.75, 3.05) is 11.5 Å². The quantitative estimate of drug-likeness (QED) is 0.293. The number of aryl methyl sites for hydroxylation is 1. The van der Waals surface area contributed by atoms with Crippen LogP contribution >= 0.6 is 11.6 Å². The minimum Gasteiger partial charge on any atom is -0.462 e. The topological polar surface area (TPSA) is 122 Å². The summed E-state index contributed by atoms with van der Waals surface area (Å²) in [5.41, 5.74) is 6.77. The number of benzene rings is 1. The highest BCUT2D eigenvalue weighted by atomic mass is 35.5. The number of fused-ring (bicyclic) bond motifs is 3. The second-order valence-electron chi connectivity index (χ2n) is 10.4. The summed E-state index contributed by atoms with van der Waals surface area (Å²) >= 11 is 6.67. The minimum atomic E-state index is -0.718. The number of hydrogen-bond donors (Lipinski definition) is 2. The van der Waals surface area contributed by atoms with Gasteiger partial charge in [0.1, 0.15) is 5.56 Å². The number of carbonyl (C=O) groups is 1. The molecule has 43 heavy (non-hydrogen) atoms. The molecule has 0 bridgehead atoms. The SMILES string of the molecule is CCOC(=O)c1cn(-c2ccc(=O)[nH]c2)c2cc(N3Cc4cc(C)cnc4C3)c(Cl)cc2c1=O.c1cnc2c(c1)CNC2. The first-order chi connectivity index (χ1) is 20.8. The van der Waals surface area contributed by atoms with Crippen LogP contribution in [0, 0.1) is 6.92 Å². The van der Waals surface area contributed by atoms with E-state index >= 15 is 0 Å². The number of anilines is 1. The molecule has 0 saturated carbocycles. The van der Waals surface area contributed by atoms with Gasteiger partial charge in [-0.05, 0) is 54.8 Å². The van der Waals surface area contributed by atoms with Crippen LogP contribution in [0.5, 0.6) is 0 Å². The molecule has 2 N–H and O–H groups in total. The molecule has 0 unspecified atom stereocenters. The van der Waals surface area contributed by atoms with E-state index in [4.69, 9.17) is 16.3 Å². The molecule has 0 radical (unpaired) electrons. The summed E-state index contributed by atoms with van der Waals surface area (Å²) < 4.78 is 6.78. The van der Waals surface area contributed by atoms with E-state index < -0.39 is 11.4 Å². The van der Waals surface area contributed by atoms with Gasteiger partial charge >= 0.3 is 5.97 Å². The van der Waals surface area contributed by atoms with Crippen molar-refractivity contribution < 1.29 is 9.53 Å². The average Bonchev–Trinajstić information content (AvgIpc) is 3.65. The standard InChI is InChI=1S/C25H21ClN4O4.C7H8N2/c1-3-34-25(33)18-12-30(16-4-5-23(31)28-10-16)21-8-22(19(26)7-17(21)24(18)32)29-11-15-6-14(2)9-27-20(15)13-29;1-2-6-4-8-5-7(6)9-3-1/h4-10,12H,3,11,13H2,1-2H3,(H,28,31);1-3,8H,4-5H2. The summed E-state index contributed by atoms with van der Waals surface area (Å²) in [5.74, 6) is -0.718. The van der Waals surface area contributed by atoms with Crippen molar-refractivity contribution >= 4 is 34.2 Å². The van der Waals surface area contributed by atoms with Gasteiger partial charge in [0.2, 0.25) is 11.0 Å². The van der Waals surface area contributed by atoms with E-state index in [9.17, 15) is 14.4 Å². The Hall–Kier alpha value is -4.80. The molecule has 10 nitrogen and oxygen atoms in total. The van der Waals surface area contributed by atoms with Crippen LogP contribution in [0.1, 0.15) is 45.4 Å². The van der Waals surface area contributed by atoms with Gasteiger partial charge < -0.3 is 24.5 Å². The number of hydrogen-bond acceptors (Lipinski definition) is 8. The Bertz CT molecular complexity index is 1940. The largest absolute Gasteiger partial charge is 0.462 e. The smallest absolute Gasteiger partial charge is 0.343 e. The van der Waals surface area contributed by atoms with E-state index in [1.807, 2.05) is 31.5 Å². The lowest BCUT2D eigenvalue weighted by atomic mass is 10.1. The summed E-state index contributed by atoms with van der Waals surface area (Å²) in [6.07, 6.45) is 6.65. The summed E-state index contributed by atoms with van der Waals surface area (Å²) in [5, 5.41) is 3.89. The molecule has 1 aromatic carbocycles.